The molecule has 1 rings (SSSR count). The zero-order valence-corrected chi connectivity index (χ0v) is 8.60. The Balaban J connectivity index is 3.01. The van der Waals surface area contributed by atoms with Crippen LogP contribution in [0.5, 0.6) is 0 Å². The van der Waals surface area contributed by atoms with E-state index in [2.05, 4.69) is 4.74 Å². The van der Waals surface area contributed by atoms with Crippen LogP contribution in [0.1, 0.15) is 10.6 Å². The fourth-order valence-corrected chi connectivity index (χ4v) is 1.80. The smallest absolute Gasteiger partial charge is 0.325 e. The number of esters is 1. The minimum Gasteiger partial charge on any atom is -0.468 e. The standard InChI is InChI=1S/C8H11NO3S/c1-5-6(2)13-8(11)9(5)4-7(10)12-3/h4H2,1-3H3. The Kier molecular flexibility index (Phi) is 2.87. The zero-order valence-electron chi connectivity index (χ0n) is 7.79. The molecule has 4 nitrogen and oxygen atoms in total. The molecular formula is C8H11NO3S. The number of ether oxygens (including phenoxy) is 1. The number of hydrogen-bond donors (Lipinski definition) is 0. The molecule has 0 atom stereocenters. The van der Waals surface area contributed by atoms with E-state index in [1.807, 2.05) is 13.8 Å². The van der Waals surface area contributed by atoms with Crippen molar-refractivity contribution in [3.05, 3.63) is 20.2 Å². The molecule has 13 heavy (non-hydrogen) atoms. The van der Waals surface area contributed by atoms with Gasteiger partial charge in [-0.3, -0.25) is 14.2 Å². The maximum atomic E-state index is 11.3. The fourth-order valence-electron chi connectivity index (χ4n) is 0.964. The average Bonchev–Trinajstić information content (AvgIpc) is 2.32. The maximum Gasteiger partial charge on any atom is 0.325 e. The van der Waals surface area contributed by atoms with E-state index >= 15 is 0 Å². The first-order chi connectivity index (χ1) is 6.06. The van der Waals surface area contributed by atoms with Crippen LogP contribution in [0.25, 0.3) is 0 Å². The lowest BCUT2D eigenvalue weighted by Gasteiger charge is -2.02. The highest BCUT2D eigenvalue weighted by molar-refractivity contribution is 7.09. The highest BCUT2D eigenvalue weighted by atomic mass is 32.1. The van der Waals surface area contributed by atoms with Gasteiger partial charge in [-0.1, -0.05) is 11.3 Å². The van der Waals surface area contributed by atoms with Gasteiger partial charge in [0.25, 0.3) is 0 Å². The summed E-state index contributed by atoms with van der Waals surface area (Å²) in [6.07, 6.45) is 0. The largest absolute Gasteiger partial charge is 0.468 e. The van der Waals surface area contributed by atoms with E-state index in [0.29, 0.717) is 0 Å². The van der Waals surface area contributed by atoms with Crippen molar-refractivity contribution in [1.82, 2.24) is 4.57 Å². The Morgan fingerprint density at radius 2 is 2.15 bits per heavy atom. The monoisotopic (exact) mass is 201 g/mol. The molecule has 0 spiro atoms. The molecule has 0 unspecified atom stereocenters. The van der Waals surface area contributed by atoms with Crippen molar-refractivity contribution in [2.24, 2.45) is 0 Å². The first-order valence-electron chi connectivity index (χ1n) is 3.80. The summed E-state index contributed by atoms with van der Waals surface area (Å²) in [5.74, 6) is -0.400. The second-order valence-corrected chi connectivity index (χ2v) is 3.84. The van der Waals surface area contributed by atoms with Gasteiger partial charge < -0.3 is 4.74 Å². The number of thiazole rings is 1. The van der Waals surface area contributed by atoms with Crippen LogP contribution in [0.4, 0.5) is 0 Å². The lowest BCUT2D eigenvalue weighted by Crippen LogP contribution is -2.21. The number of hydrogen-bond acceptors (Lipinski definition) is 4. The van der Waals surface area contributed by atoms with Gasteiger partial charge in [-0.25, -0.2) is 0 Å². The van der Waals surface area contributed by atoms with E-state index in [0.717, 1.165) is 21.9 Å². The van der Waals surface area contributed by atoms with Gasteiger partial charge in [0.1, 0.15) is 6.54 Å². The molecular weight excluding hydrogens is 190 g/mol. The normalized spacial score (nSPS) is 10.1. The van der Waals surface area contributed by atoms with E-state index in [1.54, 1.807) is 0 Å². The summed E-state index contributed by atoms with van der Waals surface area (Å²) in [4.78, 5) is 23.0. The van der Waals surface area contributed by atoms with Gasteiger partial charge in [-0.15, -0.1) is 0 Å². The van der Waals surface area contributed by atoms with Crippen LogP contribution in [0.2, 0.25) is 0 Å². The van der Waals surface area contributed by atoms with Crippen molar-refractivity contribution in [2.45, 2.75) is 20.4 Å². The van der Waals surface area contributed by atoms with Gasteiger partial charge in [0, 0.05) is 10.6 Å². The second kappa shape index (κ2) is 3.74. The van der Waals surface area contributed by atoms with Crippen LogP contribution in [-0.4, -0.2) is 17.6 Å². The highest BCUT2D eigenvalue weighted by Gasteiger charge is 2.10. The number of aryl methyl sites for hydroxylation is 1. The van der Waals surface area contributed by atoms with Gasteiger partial charge in [-0.05, 0) is 13.8 Å². The molecule has 1 heterocycles. The van der Waals surface area contributed by atoms with Crippen molar-refractivity contribution in [3.63, 3.8) is 0 Å². The van der Waals surface area contributed by atoms with Gasteiger partial charge in [0.2, 0.25) is 0 Å². The molecule has 0 aliphatic heterocycles. The molecule has 5 heteroatoms. The molecule has 0 radical (unpaired) electrons. The van der Waals surface area contributed by atoms with Gasteiger partial charge >= 0.3 is 10.8 Å². The third kappa shape index (κ3) is 1.98. The molecule has 0 aromatic carbocycles. The molecule has 1 aromatic rings. The summed E-state index contributed by atoms with van der Waals surface area (Å²) >= 11 is 1.15. The summed E-state index contributed by atoms with van der Waals surface area (Å²) in [5.41, 5.74) is 0.834. The Bertz CT molecular complexity index is 377. The van der Waals surface area contributed by atoms with Crippen LogP contribution in [-0.2, 0) is 16.1 Å². The number of carbonyl (C=O) groups excluding carboxylic acids is 1. The average molecular weight is 201 g/mol. The summed E-state index contributed by atoms with van der Waals surface area (Å²) in [7, 11) is 1.31. The predicted molar refractivity (Wildman–Crippen MR) is 50.1 cm³/mol. The van der Waals surface area contributed by atoms with Crippen molar-refractivity contribution in [3.8, 4) is 0 Å². The van der Waals surface area contributed by atoms with Gasteiger partial charge in [-0.2, -0.15) is 0 Å². The fraction of sp³-hybridized carbons (Fsp3) is 0.500. The third-order valence-corrected chi connectivity index (χ3v) is 2.89. The number of methoxy groups -OCH3 is 1. The molecule has 0 fully saturated rings. The van der Waals surface area contributed by atoms with Crippen LogP contribution < -0.4 is 4.87 Å². The van der Waals surface area contributed by atoms with E-state index in [1.165, 1.54) is 11.7 Å². The Morgan fingerprint density at radius 1 is 1.54 bits per heavy atom. The predicted octanol–water partition coefficient (Wildman–Crippen LogP) is 0.700. The van der Waals surface area contributed by atoms with Crippen molar-refractivity contribution in [2.75, 3.05) is 7.11 Å². The maximum absolute atomic E-state index is 11.3. The molecule has 72 valence electrons. The van der Waals surface area contributed by atoms with Gasteiger partial charge in [0.15, 0.2) is 0 Å². The van der Waals surface area contributed by atoms with Crippen LogP contribution in [0, 0.1) is 13.8 Å². The lowest BCUT2D eigenvalue weighted by molar-refractivity contribution is -0.141. The number of rotatable bonds is 2. The van der Waals surface area contributed by atoms with Crippen molar-refractivity contribution in [1.29, 1.82) is 0 Å². The molecule has 0 saturated heterocycles. The quantitative estimate of drug-likeness (QED) is 0.662. The van der Waals surface area contributed by atoms with E-state index in [-0.39, 0.29) is 11.4 Å². The summed E-state index contributed by atoms with van der Waals surface area (Å²) in [6.45, 7) is 3.68. The number of aromatic nitrogens is 1. The first kappa shape index (κ1) is 9.98. The van der Waals surface area contributed by atoms with E-state index in [4.69, 9.17) is 0 Å². The van der Waals surface area contributed by atoms with Crippen molar-refractivity contribution >= 4 is 17.3 Å². The molecule has 0 aliphatic carbocycles. The second-order valence-electron chi connectivity index (χ2n) is 2.67. The van der Waals surface area contributed by atoms with Crippen LogP contribution >= 0.6 is 11.3 Å². The number of nitrogens with zero attached hydrogens (tertiary/aromatic N) is 1. The molecule has 0 bridgehead atoms. The Hall–Kier alpha value is -1.10. The van der Waals surface area contributed by atoms with E-state index < -0.39 is 5.97 Å². The molecule has 0 saturated carbocycles. The minimum absolute atomic E-state index is 0.00546. The summed E-state index contributed by atoms with van der Waals surface area (Å²) < 4.78 is 5.90. The summed E-state index contributed by atoms with van der Waals surface area (Å²) in [5, 5.41) is 0. The zero-order chi connectivity index (χ0) is 10.0. The van der Waals surface area contributed by atoms with Crippen LogP contribution in [0.3, 0.4) is 0 Å². The topological polar surface area (TPSA) is 48.3 Å². The summed E-state index contributed by atoms with van der Waals surface area (Å²) in [6, 6.07) is 0. The molecule has 0 amide bonds. The SMILES string of the molecule is COC(=O)Cn1c(C)c(C)sc1=O. The third-order valence-electron chi connectivity index (χ3n) is 1.89. The Morgan fingerprint density at radius 3 is 2.54 bits per heavy atom. The lowest BCUT2D eigenvalue weighted by atomic mass is 10.4. The molecule has 0 N–H and O–H groups in total. The van der Waals surface area contributed by atoms with Crippen molar-refractivity contribution < 1.29 is 9.53 Å². The Labute approximate surface area is 79.8 Å². The minimum atomic E-state index is -0.400. The molecule has 0 aliphatic rings. The van der Waals surface area contributed by atoms with Gasteiger partial charge in [0.05, 0.1) is 7.11 Å². The first-order valence-corrected chi connectivity index (χ1v) is 4.61. The highest BCUT2D eigenvalue weighted by Crippen LogP contribution is 2.08. The molecule has 1 aromatic heterocycles. The van der Waals surface area contributed by atoms with E-state index in [9.17, 15) is 9.59 Å². The number of carbonyl (C=O) groups is 1. The van der Waals surface area contributed by atoms with Crippen LogP contribution in [0.15, 0.2) is 4.79 Å².